The maximum Gasteiger partial charge on any atom is 0.0100 e. The number of rotatable bonds is 3. The van der Waals surface area contributed by atoms with E-state index in [1.807, 2.05) is 0 Å². The average molecular weight is 177 g/mol. The summed E-state index contributed by atoms with van der Waals surface area (Å²) in [4.78, 5) is 0. The summed E-state index contributed by atoms with van der Waals surface area (Å²) < 4.78 is 0. The van der Waals surface area contributed by atoms with Crippen LogP contribution in [0.25, 0.3) is 0 Å². The molecule has 1 nitrogen and oxygen atoms in total. The highest BCUT2D eigenvalue weighted by Crippen LogP contribution is 2.13. The lowest BCUT2D eigenvalue weighted by Crippen LogP contribution is -2.32. The minimum Gasteiger partial charge on any atom is -0.326 e. The van der Waals surface area contributed by atoms with Gasteiger partial charge in [0.05, 0.1) is 0 Å². The zero-order chi connectivity index (χ0) is 9.90. The van der Waals surface area contributed by atoms with Gasteiger partial charge in [0.1, 0.15) is 0 Å². The largest absolute Gasteiger partial charge is 0.326 e. The second-order valence-corrected chi connectivity index (χ2v) is 4.42. The van der Waals surface area contributed by atoms with Crippen molar-refractivity contribution in [1.82, 2.24) is 0 Å². The lowest BCUT2D eigenvalue weighted by molar-refractivity contribution is 0.476. The van der Waals surface area contributed by atoms with Gasteiger partial charge in [-0.3, -0.25) is 0 Å². The Kier molecular flexibility index (Phi) is 3.10. The summed E-state index contributed by atoms with van der Waals surface area (Å²) in [5.74, 6) is 0. The second kappa shape index (κ2) is 3.93. The normalized spacial score (nSPS) is 11.7. The molecule has 72 valence electrons. The van der Waals surface area contributed by atoms with Gasteiger partial charge in [0.15, 0.2) is 0 Å². The fourth-order valence-corrected chi connectivity index (χ4v) is 1.35. The quantitative estimate of drug-likeness (QED) is 0.754. The number of aryl methyl sites for hydroxylation is 2. The Morgan fingerprint density at radius 1 is 1.23 bits per heavy atom. The highest BCUT2D eigenvalue weighted by atomic mass is 14.7. The van der Waals surface area contributed by atoms with E-state index in [1.54, 1.807) is 0 Å². The summed E-state index contributed by atoms with van der Waals surface area (Å²) in [6, 6.07) is 8.50. The van der Waals surface area contributed by atoms with E-state index in [0.717, 1.165) is 12.8 Å². The van der Waals surface area contributed by atoms with Crippen molar-refractivity contribution in [3.63, 3.8) is 0 Å². The zero-order valence-electron chi connectivity index (χ0n) is 8.80. The number of benzene rings is 1. The maximum absolute atomic E-state index is 5.93. The van der Waals surface area contributed by atoms with Gasteiger partial charge in [0.2, 0.25) is 0 Å². The van der Waals surface area contributed by atoms with E-state index < -0.39 is 0 Å². The summed E-state index contributed by atoms with van der Waals surface area (Å²) in [6.07, 6.45) is 2.12. The fourth-order valence-electron chi connectivity index (χ4n) is 1.35. The highest BCUT2D eigenvalue weighted by molar-refractivity contribution is 5.25. The van der Waals surface area contributed by atoms with Gasteiger partial charge in [0, 0.05) is 5.54 Å². The Morgan fingerprint density at radius 3 is 2.38 bits per heavy atom. The third-order valence-electron chi connectivity index (χ3n) is 2.30. The third-order valence-corrected chi connectivity index (χ3v) is 2.30. The first-order valence-corrected chi connectivity index (χ1v) is 4.82. The smallest absolute Gasteiger partial charge is 0.0100 e. The number of hydrogen-bond donors (Lipinski definition) is 1. The first-order valence-electron chi connectivity index (χ1n) is 4.82. The van der Waals surface area contributed by atoms with Gasteiger partial charge in [0.25, 0.3) is 0 Å². The molecule has 1 aromatic carbocycles. The SMILES string of the molecule is Cc1ccccc1CCC(C)(C)N. The van der Waals surface area contributed by atoms with Crippen LogP contribution in [0.3, 0.4) is 0 Å². The lowest BCUT2D eigenvalue weighted by Gasteiger charge is -2.18. The molecule has 0 heterocycles. The van der Waals surface area contributed by atoms with E-state index in [4.69, 9.17) is 5.73 Å². The number of nitrogens with two attached hydrogens (primary N) is 1. The number of hydrogen-bond acceptors (Lipinski definition) is 1. The van der Waals surface area contributed by atoms with Crippen molar-refractivity contribution in [3.8, 4) is 0 Å². The molecule has 0 radical (unpaired) electrons. The van der Waals surface area contributed by atoms with Gasteiger partial charge < -0.3 is 5.73 Å². The van der Waals surface area contributed by atoms with E-state index in [2.05, 4.69) is 45.0 Å². The molecule has 0 aliphatic rings. The van der Waals surface area contributed by atoms with Crippen LogP contribution in [0.1, 0.15) is 31.4 Å². The second-order valence-electron chi connectivity index (χ2n) is 4.42. The summed E-state index contributed by atoms with van der Waals surface area (Å²) in [7, 11) is 0. The van der Waals surface area contributed by atoms with Crippen LogP contribution in [0.2, 0.25) is 0 Å². The molecular weight excluding hydrogens is 158 g/mol. The van der Waals surface area contributed by atoms with Crippen molar-refractivity contribution in [3.05, 3.63) is 35.4 Å². The minimum atomic E-state index is -0.0533. The summed E-state index contributed by atoms with van der Waals surface area (Å²) in [5, 5.41) is 0. The van der Waals surface area contributed by atoms with Gasteiger partial charge in [-0.2, -0.15) is 0 Å². The maximum atomic E-state index is 5.93. The molecule has 0 saturated carbocycles. The summed E-state index contributed by atoms with van der Waals surface area (Å²) >= 11 is 0. The molecule has 0 bridgehead atoms. The van der Waals surface area contributed by atoms with E-state index in [0.29, 0.717) is 0 Å². The summed E-state index contributed by atoms with van der Waals surface area (Å²) in [5.41, 5.74) is 8.67. The monoisotopic (exact) mass is 177 g/mol. The Labute approximate surface area is 81.0 Å². The standard InChI is InChI=1S/C12H19N/c1-10-6-4-5-7-11(10)8-9-12(2,3)13/h4-7H,8-9,13H2,1-3H3. The van der Waals surface area contributed by atoms with E-state index >= 15 is 0 Å². The Hall–Kier alpha value is -0.820. The van der Waals surface area contributed by atoms with Gasteiger partial charge in [-0.1, -0.05) is 24.3 Å². The topological polar surface area (TPSA) is 26.0 Å². The molecule has 1 aromatic rings. The molecule has 13 heavy (non-hydrogen) atoms. The Morgan fingerprint density at radius 2 is 1.85 bits per heavy atom. The molecule has 1 heteroatoms. The van der Waals surface area contributed by atoms with Crippen LogP contribution in [-0.2, 0) is 6.42 Å². The van der Waals surface area contributed by atoms with Crippen LogP contribution < -0.4 is 5.73 Å². The van der Waals surface area contributed by atoms with Crippen LogP contribution in [0.4, 0.5) is 0 Å². The molecule has 0 aromatic heterocycles. The molecule has 0 fully saturated rings. The molecule has 0 atom stereocenters. The molecule has 0 unspecified atom stereocenters. The molecule has 0 saturated heterocycles. The fraction of sp³-hybridized carbons (Fsp3) is 0.500. The first kappa shape index (κ1) is 10.3. The van der Waals surface area contributed by atoms with Crippen molar-refractivity contribution in [1.29, 1.82) is 0 Å². The van der Waals surface area contributed by atoms with Crippen LogP contribution in [-0.4, -0.2) is 5.54 Å². The van der Waals surface area contributed by atoms with Crippen LogP contribution >= 0.6 is 0 Å². The van der Waals surface area contributed by atoms with Crippen LogP contribution in [0.15, 0.2) is 24.3 Å². The van der Waals surface area contributed by atoms with Gasteiger partial charge in [-0.25, -0.2) is 0 Å². The molecule has 2 N–H and O–H groups in total. The molecule has 0 spiro atoms. The van der Waals surface area contributed by atoms with E-state index in [9.17, 15) is 0 Å². The van der Waals surface area contributed by atoms with E-state index in [-0.39, 0.29) is 5.54 Å². The van der Waals surface area contributed by atoms with Crippen molar-refractivity contribution in [2.75, 3.05) is 0 Å². The predicted molar refractivity (Wildman–Crippen MR) is 57.8 cm³/mol. The van der Waals surface area contributed by atoms with Crippen molar-refractivity contribution < 1.29 is 0 Å². The highest BCUT2D eigenvalue weighted by Gasteiger charge is 2.10. The van der Waals surface area contributed by atoms with Crippen LogP contribution in [0.5, 0.6) is 0 Å². The molecule has 1 rings (SSSR count). The van der Waals surface area contributed by atoms with Crippen molar-refractivity contribution >= 4 is 0 Å². The Balaban J connectivity index is 2.60. The first-order chi connectivity index (χ1) is 5.99. The lowest BCUT2D eigenvalue weighted by atomic mass is 9.95. The third kappa shape index (κ3) is 3.60. The molecular formula is C12H19N. The predicted octanol–water partition coefficient (Wildman–Crippen LogP) is 2.66. The van der Waals surface area contributed by atoms with Crippen molar-refractivity contribution in [2.24, 2.45) is 5.73 Å². The van der Waals surface area contributed by atoms with E-state index in [1.165, 1.54) is 11.1 Å². The van der Waals surface area contributed by atoms with Crippen LogP contribution in [0, 0.1) is 6.92 Å². The van der Waals surface area contributed by atoms with Gasteiger partial charge >= 0.3 is 0 Å². The van der Waals surface area contributed by atoms with Crippen molar-refractivity contribution in [2.45, 2.75) is 39.2 Å². The molecule has 0 amide bonds. The Bertz CT molecular complexity index is 271. The minimum absolute atomic E-state index is 0.0533. The summed E-state index contributed by atoms with van der Waals surface area (Å²) in [6.45, 7) is 6.30. The molecule has 0 aliphatic carbocycles. The van der Waals surface area contributed by atoms with Gasteiger partial charge in [-0.05, 0) is 44.7 Å². The molecule has 0 aliphatic heterocycles. The zero-order valence-corrected chi connectivity index (χ0v) is 8.80. The average Bonchev–Trinajstić information content (AvgIpc) is 2.01. The van der Waals surface area contributed by atoms with Gasteiger partial charge in [-0.15, -0.1) is 0 Å².